The van der Waals surface area contributed by atoms with Gasteiger partial charge in [0.25, 0.3) is 5.91 Å². The average molecular weight is 395 g/mol. The second-order valence-corrected chi connectivity index (χ2v) is 7.81. The third-order valence-corrected chi connectivity index (χ3v) is 5.23. The molecule has 1 unspecified atom stereocenters. The number of hydrogen-bond acceptors (Lipinski definition) is 4. The second kappa shape index (κ2) is 10.2. The smallest absolute Gasteiger partial charge is 0.254 e. The normalized spacial score (nSPS) is 16.9. The van der Waals surface area contributed by atoms with E-state index in [1.807, 2.05) is 36.9 Å². The maximum absolute atomic E-state index is 13.4. The molecule has 2 N–H and O–H groups in total. The van der Waals surface area contributed by atoms with Gasteiger partial charge in [-0.15, -0.1) is 0 Å². The summed E-state index contributed by atoms with van der Waals surface area (Å²) in [5, 5.41) is 6.28. The Balaban J connectivity index is 1.78. The summed E-state index contributed by atoms with van der Waals surface area (Å²) < 4.78 is 0. The molecule has 0 radical (unpaired) electrons. The Morgan fingerprint density at radius 2 is 1.93 bits per heavy atom. The Labute approximate surface area is 172 Å². The van der Waals surface area contributed by atoms with E-state index >= 15 is 0 Å². The van der Waals surface area contributed by atoms with E-state index in [1.165, 1.54) is 0 Å². The van der Waals surface area contributed by atoms with E-state index < -0.39 is 0 Å². The first-order valence-electron chi connectivity index (χ1n) is 10.4. The molecule has 1 aromatic carbocycles. The number of carbonyl (C=O) groups is 2. The van der Waals surface area contributed by atoms with Crippen LogP contribution in [0.5, 0.6) is 0 Å². The van der Waals surface area contributed by atoms with Crippen LogP contribution in [-0.4, -0.2) is 40.8 Å². The molecule has 1 aromatic heterocycles. The molecule has 2 heterocycles. The zero-order chi connectivity index (χ0) is 20.6. The first-order valence-corrected chi connectivity index (χ1v) is 10.4. The minimum atomic E-state index is -0.0889. The number of nitrogens with one attached hydrogen (secondary N) is 2. The standard InChI is InChI=1S/C23H30N4O2/c1-17(2)22(28)26-19-10-8-18(9-11-19)23(29)27(16-20-6-3-4-14-25-20)21-7-5-13-24-15-12-21/h3-4,6,8-11,14,17,21,24H,5,7,12-13,15-16H2,1-2H3,(H,26,28). The van der Waals surface area contributed by atoms with Gasteiger partial charge in [0.1, 0.15) is 0 Å². The van der Waals surface area contributed by atoms with Crippen molar-refractivity contribution in [3.63, 3.8) is 0 Å². The van der Waals surface area contributed by atoms with Crippen molar-refractivity contribution in [2.75, 3.05) is 18.4 Å². The number of nitrogens with zero attached hydrogens (tertiary/aromatic N) is 2. The quantitative estimate of drug-likeness (QED) is 0.787. The molecule has 2 amide bonds. The monoisotopic (exact) mass is 394 g/mol. The molecule has 1 fully saturated rings. The summed E-state index contributed by atoms with van der Waals surface area (Å²) in [5.41, 5.74) is 2.22. The highest BCUT2D eigenvalue weighted by Gasteiger charge is 2.26. The summed E-state index contributed by atoms with van der Waals surface area (Å²) in [6.07, 6.45) is 4.73. The van der Waals surface area contributed by atoms with Crippen LogP contribution >= 0.6 is 0 Å². The first kappa shape index (κ1) is 21.0. The topological polar surface area (TPSA) is 74.3 Å². The van der Waals surface area contributed by atoms with Crippen molar-refractivity contribution in [1.82, 2.24) is 15.2 Å². The van der Waals surface area contributed by atoms with Gasteiger partial charge in [-0.05, 0) is 68.8 Å². The fourth-order valence-corrected chi connectivity index (χ4v) is 3.49. The van der Waals surface area contributed by atoms with Crippen LogP contribution in [0.1, 0.15) is 49.2 Å². The molecule has 2 aromatic rings. The van der Waals surface area contributed by atoms with Gasteiger partial charge in [0.2, 0.25) is 5.91 Å². The highest BCUT2D eigenvalue weighted by atomic mass is 16.2. The molecule has 1 aliphatic rings. The Morgan fingerprint density at radius 1 is 1.14 bits per heavy atom. The molecule has 6 nitrogen and oxygen atoms in total. The van der Waals surface area contributed by atoms with Crippen molar-refractivity contribution in [3.8, 4) is 0 Å². The van der Waals surface area contributed by atoms with Gasteiger partial charge in [0, 0.05) is 29.4 Å². The van der Waals surface area contributed by atoms with Crippen molar-refractivity contribution in [2.24, 2.45) is 5.92 Å². The van der Waals surface area contributed by atoms with E-state index in [1.54, 1.807) is 30.5 Å². The van der Waals surface area contributed by atoms with Gasteiger partial charge in [-0.2, -0.15) is 0 Å². The van der Waals surface area contributed by atoms with Gasteiger partial charge >= 0.3 is 0 Å². The van der Waals surface area contributed by atoms with Crippen molar-refractivity contribution < 1.29 is 9.59 Å². The summed E-state index contributed by atoms with van der Waals surface area (Å²) >= 11 is 0. The zero-order valence-electron chi connectivity index (χ0n) is 17.2. The minimum Gasteiger partial charge on any atom is -0.330 e. The van der Waals surface area contributed by atoms with Gasteiger partial charge in [-0.3, -0.25) is 14.6 Å². The van der Waals surface area contributed by atoms with Crippen LogP contribution in [-0.2, 0) is 11.3 Å². The summed E-state index contributed by atoms with van der Waals surface area (Å²) in [7, 11) is 0. The zero-order valence-corrected chi connectivity index (χ0v) is 17.2. The van der Waals surface area contributed by atoms with Gasteiger partial charge in [0.05, 0.1) is 12.2 Å². The maximum atomic E-state index is 13.4. The summed E-state index contributed by atoms with van der Waals surface area (Å²) in [6, 6.07) is 13.1. The lowest BCUT2D eigenvalue weighted by atomic mass is 10.0. The van der Waals surface area contributed by atoms with Crippen LogP contribution in [0.15, 0.2) is 48.7 Å². The Kier molecular flexibility index (Phi) is 7.36. The van der Waals surface area contributed by atoms with Crippen molar-refractivity contribution in [2.45, 2.75) is 45.7 Å². The van der Waals surface area contributed by atoms with E-state index in [0.717, 1.165) is 38.0 Å². The van der Waals surface area contributed by atoms with E-state index in [0.29, 0.717) is 17.8 Å². The molecule has 1 saturated heterocycles. The number of aromatic nitrogens is 1. The molecule has 0 spiro atoms. The predicted molar refractivity (Wildman–Crippen MR) is 115 cm³/mol. The van der Waals surface area contributed by atoms with Crippen LogP contribution in [0.25, 0.3) is 0 Å². The van der Waals surface area contributed by atoms with E-state index in [-0.39, 0.29) is 23.8 Å². The molecule has 0 bridgehead atoms. The van der Waals surface area contributed by atoms with Gasteiger partial charge in [-0.1, -0.05) is 19.9 Å². The summed E-state index contributed by atoms with van der Waals surface area (Å²) in [6.45, 7) is 6.11. The molecule has 6 heteroatoms. The van der Waals surface area contributed by atoms with Crippen LogP contribution in [0.3, 0.4) is 0 Å². The highest BCUT2D eigenvalue weighted by molar-refractivity contribution is 5.96. The van der Waals surface area contributed by atoms with Gasteiger partial charge < -0.3 is 15.5 Å². The lowest BCUT2D eigenvalue weighted by molar-refractivity contribution is -0.118. The first-order chi connectivity index (χ1) is 14.0. The SMILES string of the molecule is CC(C)C(=O)Nc1ccc(C(=O)N(Cc2ccccn2)C2CCCNCC2)cc1. The van der Waals surface area contributed by atoms with E-state index in [9.17, 15) is 9.59 Å². The second-order valence-electron chi connectivity index (χ2n) is 7.81. The molecule has 0 aliphatic carbocycles. The number of hydrogen-bond donors (Lipinski definition) is 2. The Hall–Kier alpha value is -2.73. The highest BCUT2D eigenvalue weighted by Crippen LogP contribution is 2.20. The lowest BCUT2D eigenvalue weighted by Gasteiger charge is -2.31. The van der Waals surface area contributed by atoms with Crippen LogP contribution < -0.4 is 10.6 Å². The largest absolute Gasteiger partial charge is 0.330 e. The average Bonchev–Trinajstić information content (AvgIpc) is 3.02. The summed E-state index contributed by atoms with van der Waals surface area (Å²) in [5.74, 6) is -0.120. The number of anilines is 1. The number of pyridine rings is 1. The fraction of sp³-hybridized carbons (Fsp3) is 0.435. The molecule has 29 heavy (non-hydrogen) atoms. The number of amides is 2. The lowest BCUT2D eigenvalue weighted by Crippen LogP contribution is -2.40. The van der Waals surface area contributed by atoms with E-state index in [4.69, 9.17) is 0 Å². The van der Waals surface area contributed by atoms with Crippen molar-refractivity contribution in [3.05, 3.63) is 59.9 Å². The van der Waals surface area contributed by atoms with E-state index in [2.05, 4.69) is 15.6 Å². The Bertz CT molecular complexity index is 797. The number of rotatable bonds is 6. The van der Waals surface area contributed by atoms with Gasteiger partial charge in [-0.25, -0.2) is 0 Å². The van der Waals surface area contributed by atoms with Crippen LogP contribution in [0, 0.1) is 5.92 Å². The third kappa shape index (κ3) is 5.87. The van der Waals surface area contributed by atoms with Crippen LogP contribution in [0.2, 0.25) is 0 Å². The molecular weight excluding hydrogens is 364 g/mol. The molecule has 1 atom stereocenters. The maximum Gasteiger partial charge on any atom is 0.254 e. The minimum absolute atomic E-state index is 0.00397. The molecule has 3 rings (SSSR count). The van der Waals surface area contributed by atoms with Crippen molar-refractivity contribution in [1.29, 1.82) is 0 Å². The van der Waals surface area contributed by atoms with Crippen LogP contribution in [0.4, 0.5) is 5.69 Å². The predicted octanol–water partition coefficient (Wildman–Crippen LogP) is 3.46. The fourth-order valence-electron chi connectivity index (χ4n) is 3.49. The number of carbonyl (C=O) groups excluding carboxylic acids is 2. The molecule has 154 valence electrons. The molecule has 0 saturated carbocycles. The molecule has 1 aliphatic heterocycles. The van der Waals surface area contributed by atoms with Crippen molar-refractivity contribution >= 4 is 17.5 Å². The Morgan fingerprint density at radius 3 is 2.62 bits per heavy atom. The number of benzene rings is 1. The summed E-state index contributed by atoms with van der Waals surface area (Å²) in [4.78, 5) is 31.6. The third-order valence-electron chi connectivity index (χ3n) is 5.23. The molecular formula is C23H30N4O2. The van der Waals surface area contributed by atoms with Gasteiger partial charge in [0.15, 0.2) is 0 Å².